The maximum atomic E-state index is 12.5. The number of nitrogens with one attached hydrogen (secondary N) is 1. The fourth-order valence-corrected chi connectivity index (χ4v) is 3.24. The second kappa shape index (κ2) is 9.52. The van der Waals surface area contributed by atoms with E-state index in [1.807, 2.05) is 60.7 Å². The zero-order valence-electron chi connectivity index (χ0n) is 15.7. The van der Waals surface area contributed by atoms with E-state index in [4.69, 9.17) is 5.26 Å². The molecule has 1 aliphatic rings. The van der Waals surface area contributed by atoms with Gasteiger partial charge in [-0.15, -0.1) is 0 Å². The predicted molar refractivity (Wildman–Crippen MR) is 109 cm³/mol. The zero-order valence-corrected chi connectivity index (χ0v) is 15.7. The van der Waals surface area contributed by atoms with E-state index >= 15 is 0 Å². The molecule has 0 unspecified atom stereocenters. The molecular weight excluding hydrogens is 350 g/mol. The van der Waals surface area contributed by atoms with Crippen molar-refractivity contribution in [2.75, 3.05) is 18.4 Å². The molecule has 28 heavy (non-hydrogen) atoms. The minimum Gasteiger partial charge on any atom is -0.339 e. The predicted octanol–water partition coefficient (Wildman–Crippen LogP) is 3.64. The highest BCUT2D eigenvalue weighted by Crippen LogP contribution is 2.20. The molecule has 0 spiro atoms. The lowest BCUT2D eigenvalue weighted by atomic mass is 9.95. The maximum absolute atomic E-state index is 12.5. The van der Waals surface area contributed by atoms with E-state index in [0.717, 1.165) is 16.8 Å². The van der Waals surface area contributed by atoms with Gasteiger partial charge in [-0.2, -0.15) is 5.26 Å². The summed E-state index contributed by atoms with van der Waals surface area (Å²) in [5.74, 6) is -0.128. The molecule has 1 saturated heterocycles. The van der Waals surface area contributed by atoms with Crippen LogP contribution in [0.4, 0.5) is 5.69 Å². The number of nitrogens with zero attached hydrogens (tertiary/aromatic N) is 2. The quantitative estimate of drug-likeness (QED) is 0.813. The molecule has 0 atom stereocenters. The number of amides is 2. The van der Waals surface area contributed by atoms with E-state index in [2.05, 4.69) is 11.4 Å². The number of benzene rings is 2. The molecule has 2 amide bonds. The van der Waals surface area contributed by atoms with E-state index in [9.17, 15) is 9.59 Å². The summed E-state index contributed by atoms with van der Waals surface area (Å²) in [5.41, 5.74) is 2.65. The van der Waals surface area contributed by atoms with Crippen LogP contribution in [0.5, 0.6) is 0 Å². The van der Waals surface area contributed by atoms with Gasteiger partial charge in [-0.3, -0.25) is 9.59 Å². The molecule has 5 heteroatoms. The molecule has 5 nitrogen and oxygen atoms in total. The van der Waals surface area contributed by atoms with Crippen LogP contribution in [-0.4, -0.2) is 29.8 Å². The Morgan fingerprint density at radius 3 is 2.39 bits per heavy atom. The van der Waals surface area contributed by atoms with Crippen LogP contribution < -0.4 is 5.32 Å². The highest BCUT2D eigenvalue weighted by molar-refractivity contribution is 5.94. The summed E-state index contributed by atoms with van der Waals surface area (Å²) in [7, 11) is 0. The second-order valence-corrected chi connectivity index (χ2v) is 6.86. The summed E-state index contributed by atoms with van der Waals surface area (Å²) < 4.78 is 0. The summed E-state index contributed by atoms with van der Waals surface area (Å²) in [5, 5.41) is 11.6. The van der Waals surface area contributed by atoms with Crippen molar-refractivity contribution >= 4 is 23.6 Å². The molecule has 0 radical (unpaired) electrons. The Morgan fingerprint density at radius 2 is 1.75 bits per heavy atom. The summed E-state index contributed by atoms with van der Waals surface area (Å²) >= 11 is 0. The molecule has 1 heterocycles. The lowest BCUT2D eigenvalue weighted by Gasteiger charge is -2.30. The lowest BCUT2D eigenvalue weighted by Crippen LogP contribution is -2.40. The third-order valence-corrected chi connectivity index (χ3v) is 4.90. The Labute approximate surface area is 165 Å². The largest absolute Gasteiger partial charge is 0.339 e. The molecule has 0 bridgehead atoms. The van der Waals surface area contributed by atoms with E-state index in [1.54, 1.807) is 11.0 Å². The van der Waals surface area contributed by atoms with E-state index in [0.29, 0.717) is 32.4 Å². The molecule has 142 valence electrons. The number of hydrogen-bond donors (Lipinski definition) is 1. The maximum Gasteiger partial charge on any atom is 0.246 e. The van der Waals surface area contributed by atoms with Crippen molar-refractivity contribution in [3.05, 3.63) is 71.8 Å². The Morgan fingerprint density at radius 1 is 1.07 bits per heavy atom. The number of anilines is 1. The van der Waals surface area contributed by atoms with Gasteiger partial charge in [-0.1, -0.05) is 42.5 Å². The van der Waals surface area contributed by atoms with Crippen LogP contribution in [0.1, 0.15) is 24.0 Å². The molecule has 3 rings (SSSR count). The van der Waals surface area contributed by atoms with Gasteiger partial charge in [0.1, 0.15) is 0 Å². The van der Waals surface area contributed by atoms with Gasteiger partial charge < -0.3 is 10.2 Å². The van der Waals surface area contributed by atoms with Crippen molar-refractivity contribution in [3.8, 4) is 6.07 Å². The van der Waals surface area contributed by atoms with Crippen LogP contribution in [0.3, 0.4) is 0 Å². The molecule has 0 saturated carbocycles. The highest BCUT2D eigenvalue weighted by atomic mass is 16.2. The monoisotopic (exact) mass is 373 g/mol. The molecule has 1 aliphatic heterocycles. The van der Waals surface area contributed by atoms with Crippen LogP contribution in [0, 0.1) is 17.2 Å². The van der Waals surface area contributed by atoms with Gasteiger partial charge in [0, 0.05) is 30.8 Å². The van der Waals surface area contributed by atoms with Crippen molar-refractivity contribution < 1.29 is 9.59 Å². The molecule has 2 aromatic carbocycles. The number of nitriles is 1. The smallest absolute Gasteiger partial charge is 0.246 e. The highest BCUT2D eigenvalue weighted by Gasteiger charge is 2.26. The van der Waals surface area contributed by atoms with Crippen LogP contribution in [-0.2, 0) is 16.0 Å². The van der Waals surface area contributed by atoms with Crippen molar-refractivity contribution in [3.63, 3.8) is 0 Å². The standard InChI is InChI=1S/C23H23N3O2/c24-15-12-19-6-9-21(10-7-19)25-23(28)20-13-16-26(17-14-20)22(27)11-8-18-4-2-1-3-5-18/h1-11,20H,12-14,16-17H2,(H,25,28). The average Bonchev–Trinajstić information content (AvgIpc) is 2.74. The van der Waals surface area contributed by atoms with Crippen LogP contribution in [0.2, 0.25) is 0 Å². The number of rotatable bonds is 5. The zero-order chi connectivity index (χ0) is 19.8. The van der Waals surface area contributed by atoms with Gasteiger partial charge in [-0.25, -0.2) is 0 Å². The van der Waals surface area contributed by atoms with Crippen LogP contribution >= 0.6 is 0 Å². The molecule has 1 fully saturated rings. The first kappa shape index (κ1) is 19.4. The van der Waals surface area contributed by atoms with Crippen LogP contribution in [0.25, 0.3) is 6.08 Å². The first-order valence-electron chi connectivity index (χ1n) is 9.44. The normalized spacial score (nSPS) is 14.6. The Balaban J connectivity index is 1.47. The number of hydrogen-bond acceptors (Lipinski definition) is 3. The van der Waals surface area contributed by atoms with Crippen LogP contribution in [0.15, 0.2) is 60.7 Å². The number of likely N-dealkylation sites (tertiary alicyclic amines) is 1. The van der Waals surface area contributed by atoms with Gasteiger partial charge in [0.15, 0.2) is 0 Å². The third-order valence-electron chi connectivity index (χ3n) is 4.90. The number of carbonyl (C=O) groups is 2. The van der Waals surface area contributed by atoms with Gasteiger partial charge in [0.2, 0.25) is 11.8 Å². The lowest BCUT2D eigenvalue weighted by molar-refractivity contribution is -0.130. The summed E-state index contributed by atoms with van der Waals surface area (Å²) in [6, 6.07) is 19.1. The summed E-state index contributed by atoms with van der Waals surface area (Å²) in [6.07, 6.45) is 5.08. The first-order valence-corrected chi connectivity index (χ1v) is 9.44. The average molecular weight is 373 g/mol. The first-order chi connectivity index (χ1) is 13.7. The Bertz CT molecular complexity index is 874. The van der Waals surface area contributed by atoms with Crippen molar-refractivity contribution in [1.29, 1.82) is 5.26 Å². The summed E-state index contributed by atoms with van der Waals surface area (Å²) in [6.45, 7) is 1.16. The van der Waals surface area contributed by atoms with Gasteiger partial charge in [-0.05, 0) is 42.2 Å². The molecule has 2 aromatic rings. The minimum atomic E-state index is -0.0964. The molecule has 0 aromatic heterocycles. The minimum absolute atomic E-state index is 0.0139. The van der Waals surface area contributed by atoms with Crippen molar-refractivity contribution in [2.24, 2.45) is 5.92 Å². The Hall–Kier alpha value is -3.39. The van der Waals surface area contributed by atoms with Gasteiger partial charge in [0.05, 0.1) is 12.5 Å². The number of piperidine rings is 1. The SMILES string of the molecule is N#CCc1ccc(NC(=O)C2CCN(C(=O)C=Cc3ccccc3)CC2)cc1. The van der Waals surface area contributed by atoms with Gasteiger partial charge in [0.25, 0.3) is 0 Å². The fourth-order valence-electron chi connectivity index (χ4n) is 3.24. The van der Waals surface area contributed by atoms with Gasteiger partial charge >= 0.3 is 0 Å². The second-order valence-electron chi connectivity index (χ2n) is 6.86. The molecular formula is C23H23N3O2. The molecule has 0 aliphatic carbocycles. The van der Waals surface area contributed by atoms with E-state index in [1.165, 1.54) is 0 Å². The summed E-state index contributed by atoms with van der Waals surface area (Å²) in [4.78, 5) is 26.6. The van der Waals surface area contributed by atoms with Crippen molar-refractivity contribution in [1.82, 2.24) is 4.90 Å². The number of carbonyl (C=O) groups excluding carboxylic acids is 2. The van der Waals surface area contributed by atoms with E-state index < -0.39 is 0 Å². The fraction of sp³-hybridized carbons (Fsp3) is 0.261. The Kier molecular flexibility index (Phi) is 6.59. The third kappa shape index (κ3) is 5.31. The molecule has 1 N–H and O–H groups in total. The van der Waals surface area contributed by atoms with Crippen molar-refractivity contribution in [2.45, 2.75) is 19.3 Å². The van der Waals surface area contributed by atoms with E-state index in [-0.39, 0.29) is 17.7 Å². The topological polar surface area (TPSA) is 73.2 Å².